The number of carbonyl (C=O) groups is 5. The van der Waals surface area contributed by atoms with Crippen molar-refractivity contribution in [2.24, 2.45) is 11.5 Å². The molecule has 0 aliphatic carbocycles. The van der Waals surface area contributed by atoms with Gasteiger partial charge in [0, 0.05) is 35.7 Å². The number of fused-ring (bicyclic) bond motifs is 1. The summed E-state index contributed by atoms with van der Waals surface area (Å²) in [5, 5.41) is 17.6. The van der Waals surface area contributed by atoms with E-state index in [1.54, 1.807) is 6.20 Å². The van der Waals surface area contributed by atoms with E-state index in [0.717, 1.165) is 16.5 Å². The van der Waals surface area contributed by atoms with Gasteiger partial charge < -0.3 is 37.5 Å². The average Bonchev–Trinajstić information content (AvgIpc) is 3.29. The number of H-pyrrole nitrogens is 1. The second kappa shape index (κ2) is 15.2. The molecule has 0 bridgehead atoms. The maximum absolute atomic E-state index is 13.4. The number of carboxylic acid groups (broad SMARTS) is 1. The van der Waals surface area contributed by atoms with Crippen LogP contribution in [0.15, 0.2) is 30.5 Å². The SMILES string of the molecule is CSCCC(N)C(=O)NC(Cc1c[nH]c2ccccc12)C(=O)NC(CCC(N)=O)C(=O)NC(CS)C(=O)O. The van der Waals surface area contributed by atoms with Crippen molar-refractivity contribution in [3.8, 4) is 0 Å². The lowest BCUT2D eigenvalue weighted by Gasteiger charge is -2.25. The van der Waals surface area contributed by atoms with Gasteiger partial charge in [0.05, 0.1) is 6.04 Å². The zero-order valence-corrected chi connectivity index (χ0v) is 22.6. The van der Waals surface area contributed by atoms with E-state index < -0.39 is 53.8 Å². The second-order valence-electron chi connectivity index (χ2n) is 8.66. The lowest BCUT2D eigenvalue weighted by Crippen LogP contribution is -2.58. The molecule has 4 unspecified atom stereocenters. The van der Waals surface area contributed by atoms with Gasteiger partial charge in [-0.2, -0.15) is 24.4 Å². The summed E-state index contributed by atoms with van der Waals surface area (Å²) in [4.78, 5) is 64.9. The normalized spacial score (nSPS) is 14.2. The van der Waals surface area contributed by atoms with Gasteiger partial charge >= 0.3 is 5.97 Å². The minimum absolute atomic E-state index is 0.0788. The van der Waals surface area contributed by atoms with Crippen LogP contribution in [0.1, 0.15) is 24.8 Å². The first-order chi connectivity index (χ1) is 18.1. The second-order valence-corrected chi connectivity index (χ2v) is 10.0. The lowest BCUT2D eigenvalue weighted by molar-refractivity contribution is -0.141. The van der Waals surface area contributed by atoms with E-state index in [0.29, 0.717) is 12.2 Å². The zero-order valence-electron chi connectivity index (χ0n) is 20.9. The first kappa shape index (κ1) is 31.0. The molecule has 2 rings (SSSR count). The Morgan fingerprint density at radius 2 is 1.63 bits per heavy atom. The summed E-state index contributed by atoms with van der Waals surface area (Å²) in [6, 6.07) is 2.88. The van der Waals surface area contributed by atoms with Crippen LogP contribution >= 0.6 is 24.4 Å². The number of thioether (sulfide) groups is 1. The van der Waals surface area contributed by atoms with Gasteiger partial charge in [0.1, 0.15) is 18.1 Å². The summed E-state index contributed by atoms with van der Waals surface area (Å²) in [6.45, 7) is 0. The molecule has 14 heteroatoms. The molecular weight excluding hydrogens is 532 g/mol. The van der Waals surface area contributed by atoms with Crippen LogP contribution in [0.4, 0.5) is 0 Å². The van der Waals surface area contributed by atoms with Crippen LogP contribution < -0.4 is 27.4 Å². The molecule has 208 valence electrons. The van der Waals surface area contributed by atoms with E-state index in [2.05, 4.69) is 33.6 Å². The Morgan fingerprint density at radius 1 is 1.00 bits per heavy atom. The molecule has 12 nitrogen and oxygen atoms in total. The number of aliphatic carboxylic acids is 1. The van der Waals surface area contributed by atoms with E-state index in [1.807, 2.05) is 30.5 Å². The molecule has 0 aliphatic rings. The Morgan fingerprint density at radius 3 is 2.26 bits per heavy atom. The number of primary amides is 1. The van der Waals surface area contributed by atoms with Crippen LogP contribution in [0.25, 0.3) is 10.9 Å². The Bertz CT molecular complexity index is 1140. The number of amides is 4. The van der Waals surface area contributed by atoms with Gasteiger partial charge in [0.25, 0.3) is 0 Å². The first-order valence-corrected chi connectivity index (χ1v) is 13.9. The van der Waals surface area contributed by atoms with Crippen molar-refractivity contribution in [1.29, 1.82) is 0 Å². The molecule has 0 saturated heterocycles. The van der Waals surface area contributed by atoms with Crippen molar-refractivity contribution in [3.05, 3.63) is 36.0 Å². The van der Waals surface area contributed by atoms with Gasteiger partial charge in [-0.05, 0) is 36.5 Å². The van der Waals surface area contributed by atoms with Crippen molar-refractivity contribution >= 4 is 64.9 Å². The fraction of sp³-hybridized carbons (Fsp3) is 0.458. The number of carboxylic acids is 1. The van der Waals surface area contributed by atoms with E-state index in [1.165, 1.54) is 11.8 Å². The quantitative estimate of drug-likeness (QED) is 0.124. The van der Waals surface area contributed by atoms with Gasteiger partial charge in [-0.3, -0.25) is 19.2 Å². The van der Waals surface area contributed by atoms with Gasteiger partial charge in [0.2, 0.25) is 23.6 Å². The Balaban J connectivity index is 2.29. The number of nitrogens with two attached hydrogens (primary N) is 2. The van der Waals surface area contributed by atoms with E-state index >= 15 is 0 Å². The fourth-order valence-corrected chi connectivity index (χ4v) is 4.41. The summed E-state index contributed by atoms with van der Waals surface area (Å²) < 4.78 is 0. The molecule has 0 radical (unpaired) electrons. The highest BCUT2D eigenvalue weighted by molar-refractivity contribution is 7.98. The summed E-state index contributed by atoms with van der Waals surface area (Å²) in [6.07, 6.45) is 3.68. The van der Waals surface area contributed by atoms with Gasteiger partial charge in [-0.25, -0.2) is 4.79 Å². The third-order valence-corrected chi connectivity index (χ3v) is 6.82. The van der Waals surface area contributed by atoms with Crippen LogP contribution in [-0.2, 0) is 30.4 Å². The molecule has 38 heavy (non-hydrogen) atoms. The highest BCUT2D eigenvalue weighted by Gasteiger charge is 2.30. The Kier molecular flexibility index (Phi) is 12.4. The minimum atomic E-state index is -1.31. The van der Waals surface area contributed by atoms with Crippen LogP contribution in [0.3, 0.4) is 0 Å². The van der Waals surface area contributed by atoms with Crippen molar-refractivity contribution < 1.29 is 29.1 Å². The van der Waals surface area contributed by atoms with Gasteiger partial charge in [-0.1, -0.05) is 18.2 Å². The predicted molar refractivity (Wildman–Crippen MR) is 149 cm³/mol. The van der Waals surface area contributed by atoms with Crippen LogP contribution in [0, 0.1) is 0 Å². The molecule has 4 amide bonds. The molecule has 1 aromatic carbocycles. The number of thiol groups is 1. The summed E-state index contributed by atoms with van der Waals surface area (Å²) in [7, 11) is 0. The maximum atomic E-state index is 13.4. The molecule has 1 heterocycles. The Labute approximate surface area is 229 Å². The largest absolute Gasteiger partial charge is 0.480 e. The molecule has 0 spiro atoms. The summed E-state index contributed by atoms with van der Waals surface area (Å²) in [5.74, 6) is -3.61. The van der Waals surface area contributed by atoms with Crippen molar-refractivity contribution in [2.75, 3.05) is 17.8 Å². The molecule has 1 aromatic heterocycles. The monoisotopic (exact) mass is 566 g/mol. The molecule has 2 aromatic rings. The smallest absolute Gasteiger partial charge is 0.327 e. The first-order valence-electron chi connectivity index (χ1n) is 11.9. The molecular formula is C24H34N6O6S2. The van der Waals surface area contributed by atoms with Crippen molar-refractivity contribution in [2.45, 2.75) is 49.9 Å². The van der Waals surface area contributed by atoms with Gasteiger partial charge in [-0.15, -0.1) is 0 Å². The topological polar surface area (TPSA) is 209 Å². The number of hydrogen-bond donors (Lipinski definition) is 8. The van der Waals surface area contributed by atoms with Gasteiger partial charge in [0.15, 0.2) is 0 Å². The molecule has 0 saturated carbocycles. The third kappa shape index (κ3) is 9.26. The number of carbonyl (C=O) groups excluding carboxylic acids is 4. The molecule has 0 aliphatic heterocycles. The molecule has 4 atom stereocenters. The van der Waals surface area contributed by atoms with E-state index in [9.17, 15) is 29.1 Å². The van der Waals surface area contributed by atoms with E-state index in [4.69, 9.17) is 11.5 Å². The number of para-hydroxylation sites is 1. The van der Waals surface area contributed by atoms with Crippen LogP contribution in [0.5, 0.6) is 0 Å². The zero-order chi connectivity index (χ0) is 28.2. The lowest BCUT2D eigenvalue weighted by atomic mass is 10.0. The third-order valence-electron chi connectivity index (χ3n) is 5.81. The number of aromatic nitrogens is 1. The molecule has 0 fully saturated rings. The number of nitrogens with one attached hydrogen (secondary N) is 4. The highest BCUT2D eigenvalue weighted by Crippen LogP contribution is 2.19. The summed E-state index contributed by atoms with van der Waals surface area (Å²) >= 11 is 5.46. The number of rotatable bonds is 16. The predicted octanol–water partition coefficient (Wildman–Crippen LogP) is -0.475. The van der Waals surface area contributed by atoms with E-state index in [-0.39, 0.29) is 25.0 Å². The highest BCUT2D eigenvalue weighted by atomic mass is 32.2. The van der Waals surface area contributed by atoms with Crippen molar-refractivity contribution in [1.82, 2.24) is 20.9 Å². The van der Waals surface area contributed by atoms with Crippen LogP contribution in [0.2, 0.25) is 0 Å². The Hall–Kier alpha value is -3.23. The fourth-order valence-electron chi connectivity index (χ4n) is 3.67. The summed E-state index contributed by atoms with van der Waals surface area (Å²) in [5.41, 5.74) is 12.8. The maximum Gasteiger partial charge on any atom is 0.327 e. The molecule has 9 N–H and O–H groups in total. The minimum Gasteiger partial charge on any atom is -0.480 e. The van der Waals surface area contributed by atoms with Crippen molar-refractivity contribution in [3.63, 3.8) is 0 Å². The van der Waals surface area contributed by atoms with Crippen LogP contribution in [-0.4, -0.2) is 81.6 Å². The standard InChI is InChI=1S/C24H34N6O6S2/c1-38-9-8-15(25)21(32)29-18(10-13-11-27-16-5-3-2-4-14(13)16)23(34)28-17(6-7-20(26)31)22(33)30-19(12-37)24(35)36/h2-5,11,15,17-19,27,37H,6-10,12,25H2,1H3,(H2,26,31)(H,28,34)(H,29,32)(H,30,33)(H,35,36). The number of aromatic amines is 1. The average molecular weight is 567 g/mol. The number of benzene rings is 1. The number of hydrogen-bond acceptors (Lipinski definition) is 8.